The lowest BCUT2D eigenvalue weighted by Gasteiger charge is -2.25. The highest BCUT2D eigenvalue weighted by molar-refractivity contribution is 5.27. The zero-order chi connectivity index (χ0) is 7.61. The van der Waals surface area contributed by atoms with Crippen LogP contribution in [0.2, 0.25) is 0 Å². The molecule has 1 aliphatic rings. The molecule has 2 N–H and O–H groups in total. The Labute approximate surface area is 59.8 Å². The van der Waals surface area contributed by atoms with E-state index in [1.807, 2.05) is 0 Å². The van der Waals surface area contributed by atoms with Crippen LogP contribution < -0.4 is 0 Å². The molecule has 1 aliphatic carbocycles. The van der Waals surface area contributed by atoms with Crippen molar-refractivity contribution in [2.24, 2.45) is 0 Å². The predicted molar refractivity (Wildman–Crippen MR) is 39.4 cm³/mol. The highest BCUT2D eigenvalue weighted by Gasteiger charge is 2.28. The molecular weight excluding hydrogens is 128 g/mol. The van der Waals surface area contributed by atoms with Crippen LogP contribution in [0.5, 0.6) is 0 Å². The molecule has 2 atom stereocenters. The van der Waals surface area contributed by atoms with E-state index in [9.17, 15) is 5.11 Å². The van der Waals surface area contributed by atoms with Crippen LogP contribution in [0.3, 0.4) is 0 Å². The van der Waals surface area contributed by atoms with Gasteiger partial charge in [0.1, 0.15) is 11.7 Å². The molecule has 0 saturated heterocycles. The van der Waals surface area contributed by atoms with Crippen molar-refractivity contribution in [3.63, 3.8) is 0 Å². The number of allylic oxidation sites excluding steroid dienone is 2. The number of rotatable bonds is 1. The van der Waals surface area contributed by atoms with Crippen molar-refractivity contribution >= 4 is 0 Å². The third kappa shape index (κ3) is 1.03. The first kappa shape index (κ1) is 7.25. The Balaban J connectivity index is 2.87. The molecule has 0 aromatic carbocycles. The molecule has 0 aromatic heterocycles. The Bertz CT molecular complexity index is 193. The fourth-order valence-corrected chi connectivity index (χ4v) is 0.821. The average Bonchev–Trinajstić information content (AvgIpc) is 1.96. The summed E-state index contributed by atoms with van der Waals surface area (Å²) in [5.41, 5.74) is -1.27. The normalized spacial score (nSPS) is 38.0. The van der Waals surface area contributed by atoms with Crippen molar-refractivity contribution in [2.75, 3.05) is 0 Å². The van der Waals surface area contributed by atoms with Crippen LogP contribution in [0.25, 0.3) is 0 Å². The van der Waals surface area contributed by atoms with Gasteiger partial charge in [-0.25, -0.2) is 0 Å². The average molecular weight is 138 g/mol. The zero-order valence-corrected chi connectivity index (χ0v) is 5.57. The van der Waals surface area contributed by atoms with Gasteiger partial charge in [0.05, 0.1) is 0 Å². The van der Waals surface area contributed by atoms with Crippen LogP contribution in [0.1, 0.15) is 0 Å². The molecule has 10 heavy (non-hydrogen) atoms. The van der Waals surface area contributed by atoms with E-state index >= 15 is 0 Å². The van der Waals surface area contributed by atoms with Gasteiger partial charge in [-0.05, 0) is 6.08 Å². The van der Waals surface area contributed by atoms with E-state index in [1.54, 1.807) is 12.2 Å². The molecule has 0 bridgehead atoms. The summed E-state index contributed by atoms with van der Waals surface area (Å²) in [7, 11) is 0. The van der Waals surface area contributed by atoms with Crippen LogP contribution in [0.15, 0.2) is 37.0 Å². The SMILES string of the molecule is C=CC1(O)C=CC=CC1O. The molecule has 2 nitrogen and oxygen atoms in total. The Morgan fingerprint density at radius 3 is 2.60 bits per heavy atom. The molecule has 2 heteroatoms. The van der Waals surface area contributed by atoms with E-state index in [0.717, 1.165) is 0 Å². The third-order valence-electron chi connectivity index (χ3n) is 1.57. The largest absolute Gasteiger partial charge is 0.385 e. The maximum atomic E-state index is 9.44. The smallest absolute Gasteiger partial charge is 0.130 e. The van der Waals surface area contributed by atoms with E-state index < -0.39 is 11.7 Å². The lowest BCUT2D eigenvalue weighted by Crippen LogP contribution is -2.37. The molecule has 0 aromatic rings. The lowest BCUT2D eigenvalue weighted by atomic mass is 9.93. The Hall–Kier alpha value is -0.860. The van der Waals surface area contributed by atoms with Crippen molar-refractivity contribution in [1.82, 2.24) is 0 Å². The first-order chi connectivity index (χ1) is 4.69. The molecule has 0 aliphatic heterocycles. The molecule has 0 heterocycles. The highest BCUT2D eigenvalue weighted by atomic mass is 16.3. The van der Waals surface area contributed by atoms with Gasteiger partial charge in [0.25, 0.3) is 0 Å². The van der Waals surface area contributed by atoms with Crippen LogP contribution in [0.4, 0.5) is 0 Å². The van der Waals surface area contributed by atoms with E-state index in [2.05, 4.69) is 6.58 Å². The molecule has 0 amide bonds. The van der Waals surface area contributed by atoms with Crippen LogP contribution in [-0.4, -0.2) is 21.9 Å². The summed E-state index contributed by atoms with van der Waals surface area (Å²) in [6.07, 6.45) is 6.83. The second kappa shape index (κ2) is 2.40. The first-order valence-electron chi connectivity index (χ1n) is 3.09. The summed E-state index contributed by atoms with van der Waals surface area (Å²) in [6.45, 7) is 3.41. The lowest BCUT2D eigenvalue weighted by molar-refractivity contribution is 0.0218. The Morgan fingerprint density at radius 2 is 2.20 bits per heavy atom. The minimum absolute atomic E-state index is 0.866. The molecule has 0 radical (unpaired) electrons. The van der Waals surface area contributed by atoms with Crippen LogP contribution >= 0.6 is 0 Å². The molecular formula is C8H10O2. The summed E-state index contributed by atoms with van der Waals surface area (Å²) in [6, 6.07) is 0. The quantitative estimate of drug-likeness (QED) is 0.514. The van der Waals surface area contributed by atoms with E-state index in [-0.39, 0.29) is 0 Å². The van der Waals surface area contributed by atoms with Crippen molar-refractivity contribution in [3.8, 4) is 0 Å². The van der Waals surface area contributed by atoms with Gasteiger partial charge >= 0.3 is 0 Å². The molecule has 54 valence electrons. The van der Waals surface area contributed by atoms with Gasteiger partial charge in [0, 0.05) is 0 Å². The molecule has 0 fully saturated rings. The minimum Gasteiger partial charge on any atom is -0.385 e. The van der Waals surface area contributed by atoms with Crippen molar-refractivity contribution in [1.29, 1.82) is 0 Å². The van der Waals surface area contributed by atoms with Crippen LogP contribution in [-0.2, 0) is 0 Å². The van der Waals surface area contributed by atoms with Gasteiger partial charge < -0.3 is 10.2 Å². The fraction of sp³-hybridized carbons (Fsp3) is 0.250. The Morgan fingerprint density at radius 1 is 1.50 bits per heavy atom. The summed E-state index contributed by atoms with van der Waals surface area (Å²) in [5.74, 6) is 0. The standard InChI is InChI=1S/C8H10O2/c1-2-8(10)6-4-3-5-7(8)9/h2-7,9-10H,1H2. The van der Waals surface area contributed by atoms with Crippen molar-refractivity contribution in [3.05, 3.63) is 37.0 Å². The van der Waals surface area contributed by atoms with Gasteiger partial charge in [-0.1, -0.05) is 30.9 Å². The van der Waals surface area contributed by atoms with Gasteiger partial charge in [-0.3, -0.25) is 0 Å². The second-order valence-electron chi connectivity index (χ2n) is 2.28. The van der Waals surface area contributed by atoms with E-state index in [1.165, 1.54) is 18.2 Å². The van der Waals surface area contributed by atoms with E-state index in [0.29, 0.717) is 0 Å². The summed E-state index contributed by atoms with van der Waals surface area (Å²) < 4.78 is 0. The fourth-order valence-electron chi connectivity index (χ4n) is 0.821. The Kier molecular flexibility index (Phi) is 1.74. The van der Waals surface area contributed by atoms with Crippen molar-refractivity contribution in [2.45, 2.75) is 11.7 Å². The third-order valence-corrected chi connectivity index (χ3v) is 1.57. The summed E-state index contributed by atoms with van der Waals surface area (Å²) in [5, 5.41) is 18.6. The minimum atomic E-state index is -1.27. The molecule has 2 unspecified atom stereocenters. The number of aliphatic hydroxyl groups is 2. The van der Waals surface area contributed by atoms with Crippen molar-refractivity contribution < 1.29 is 10.2 Å². The van der Waals surface area contributed by atoms with Gasteiger partial charge in [0.15, 0.2) is 0 Å². The number of hydrogen-bond acceptors (Lipinski definition) is 2. The number of aliphatic hydroxyl groups excluding tert-OH is 1. The monoisotopic (exact) mass is 138 g/mol. The van der Waals surface area contributed by atoms with Gasteiger partial charge in [0.2, 0.25) is 0 Å². The summed E-state index contributed by atoms with van der Waals surface area (Å²) >= 11 is 0. The molecule has 0 saturated carbocycles. The maximum absolute atomic E-state index is 9.44. The topological polar surface area (TPSA) is 40.5 Å². The van der Waals surface area contributed by atoms with Crippen LogP contribution in [0, 0.1) is 0 Å². The maximum Gasteiger partial charge on any atom is 0.130 e. The highest BCUT2D eigenvalue weighted by Crippen LogP contribution is 2.18. The first-order valence-corrected chi connectivity index (χ1v) is 3.09. The predicted octanol–water partition coefficient (Wildman–Crippen LogP) is 0.390. The molecule has 1 rings (SSSR count). The zero-order valence-electron chi connectivity index (χ0n) is 5.57. The van der Waals surface area contributed by atoms with E-state index in [4.69, 9.17) is 5.11 Å². The van der Waals surface area contributed by atoms with Gasteiger partial charge in [-0.2, -0.15) is 0 Å². The van der Waals surface area contributed by atoms with Gasteiger partial charge in [-0.15, -0.1) is 0 Å². The molecule has 0 spiro atoms. The second-order valence-corrected chi connectivity index (χ2v) is 2.28. The number of hydrogen-bond donors (Lipinski definition) is 2. The summed E-state index contributed by atoms with van der Waals surface area (Å²) in [4.78, 5) is 0.